The number of carboxylic acids is 1. The van der Waals surface area contributed by atoms with E-state index in [1.54, 1.807) is 12.1 Å². The molecule has 0 radical (unpaired) electrons. The second kappa shape index (κ2) is 6.83. The zero-order chi connectivity index (χ0) is 17.9. The van der Waals surface area contributed by atoms with Crippen LogP contribution in [0, 0.1) is 11.3 Å². The number of hydrogen-bond donors (Lipinski definition) is 3. The summed E-state index contributed by atoms with van der Waals surface area (Å²) in [7, 11) is 0. The number of amides is 1. The fourth-order valence-electron chi connectivity index (χ4n) is 2.11. The first-order valence-corrected chi connectivity index (χ1v) is 7.07. The van der Waals surface area contributed by atoms with Crippen LogP contribution in [0.4, 0.5) is 0 Å². The highest BCUT2D eigenvalue weighted by molar-refractivity contribution is 6.03. The largest absolute Gasteiger partial charge is 0.505 e. The van der Waals surface area contributed by atoms with Crippen molar-refractivity contribution in [1.29, 1.82) is 5.26 Å². The van der Waals surface area contributed by atoms with Gasteiger partial charge in [0.15, 0.2) is 11.4 Å². The average Bonchev–Trinajstić information content (AvgIpc) is 2.52. The van der Waals surface area contributed by atoms with Crippen LogP contribution < -0.4 is 10.1 Å². The maximum absolute atomic E-state index is 12.0. The van der Waals surface area contributed by atoms with Gasteiger partial charge in [0.25, 0.3) is 5.91 Å². The van der Waals surface area contributed by atoms with Crippen LogP contribution in [0.25, 0.3) is 10.8 Å². The molecule has 0 aliphatic heterocycles. The van der Waals surface area contributed by atoms with Gasteiger partial charge in [-0.05, 0) is 32.0 Å². The lowest BCUT2D eigenvalue weighted by molar-refractivity contribution is -0.135. The number of nitriles is 1. The lowest BCUT2D eigenvalue weighted by Gasteiger charge is -2.12. The van der Waals surface area contributed by atoms with Crippen molar-refractivity contribution in [3.63, 3.8) is 0 Å². The summed E-state index contributed by atoms with van der Waals surface area (Å²) in [5.41, 5.74) is -0.477. The number of ether oxygens (including phenoxy) is 1. The molecule has 0 fully saturated rings. The molecule has 8 heteroatoms. The van der Waals surface area contributed by atoms with Crippen LogP contribution in [-0.4, -0.2) is 39.7 Å². The third-order valence-electron chi connectivity index (χ3n) is 3.04. The summed E-state index contributed by atoms with van der Waals surface area (Å²) >= 11 is 0. The van der Waals surface area contributed by atoms with Gasteiger partial charge in [0, 0.05) is 10.8 Å². The maximum Gasteiger partial charge on any atom is 0.322 e. The Labute approximate surface area is 137 Å². The summed E-state index contributed by atoms with van der Waals surface area (Å²) in [5, 5.41) is 30.8. The number of carboxylic acid groups (broad SMARTS) is 1. The molecule has 0 aliphatic carbocycles. The molecule has 124 valence electrons. The molecule has 24 heavy (non-hydrogen) atoms. The Morgan fingerprint density at radius 1 is 1.38 bits per heavy atom. The molecule has 0 unspecified atom stereocenters. The van der Waals surface area contributed by atoms with Gasteiger partial charge in [0.2, 0.25) is 0 Å². The minimum Gasteiger partial charge on any atom is -0.505 e. The molecule has 0 bridgehead atoms. The number of pyridine rings is 1. The van der Waals surface area contributed by atoms with Gasteiger partial charge >= 0.3 is 5.97 Å². The highest BCUT2D eigenvalue weighted by Crippen LogP contribution is 2.32. The lowest BCUT2D eigenvalue weighted by atomic mass is 10.1. The molecule has 0 saturated carbocycles. The van der Waals surface area contributed by atoms with E-state index in [2.05, 4.69) is 10.3 Å². The minimum absolute atomic E-state index is 0.0718. The number of carbonyl (C=O) groups is 2. The number of rotatable bonds is 5. The molecule has 1 aromatic heterocycles. The van der Waals surface area contributed by atoms with Crippen LogP contribution >= 0.6 is 0 Å². The quantitative estimate of drug-likeness (QED) is 0.755. The van der Waals surface area contributed by atoms with E-state index in [9.17, 15) is 20.0 Å². The molecule has 1 heterocycles. The standard InChI is InChI=1S/C16H15N3O5/c1-8(2)24-9-3-4-10-11(5-9)12(6-17)19-14(15(10)22)16(23)18-7-13(20)21/h3-5,8,22H,7H2,1-2H3,(H,18,23)(H,20,21). The van der Waals surface area contributed by atoms with E-state index in [1.807, 2.05) is 19.9 Å². The van der Waals surface area contributed by atoms with Crippen LogP contribution in [0.2, 0.25) is 0 Å². The molecule has 3 N–H and O–H groups in total. The zero-order valence-corrected chi connectivity index (χ0v) is 13.0. The van der Waals surface area contributed by atoms with E-state index in [1.165, 1.54) is 6.07 Å². The Balaban J connectivity index is 2.54. The monoisotopic (exact) mass is 329 g/mol. The van der Waals surface area contributed by atoms with Gasteiger partial charge < -0.3 is 20.3 Å². The van der Waals surface area contributed by atoms with E-state index in [0.717, 1.165) is 0 Å². The predicted octanol–water partition coefficient (Wildman–Crippen LogP) is 1.41. The Morgan fingerprint density at radius 3 is 2.67 bits per heavy atom. The van der Waals surface area contributed by atoms with Crippen molar-refractivity contribution in [3.8, 4) is 17.6 Å². The Kier molecular flexibility index (Phi) is 4.84. The van der Waals surface area contributed by atoms with Crippen molar-refractivity contribution in [2.45, 2.75) is 20.0 Å². The van der Waals surface area contributed by atoms with E-state index in [-0.39, 0.29) is 17.2 Å². The maximum atomic E-state index is 12.0. The summed E-state index contributed by atoms with van der Waals surface area (Å²) in [6, 6.07) is 6.53. The third kappa shape index (κ3) is 3.52. The molecule has 1 amide bonds. The van der Waals surface area contributed by atoms with E-state index in [0.29, 0.717) is 11.1 Å². The number of aromatic nitrogens is 1. The van der Waals surface area contributed by atoms with Gasteiger partial charge in [-0.1, -0.05) is 0 Å². The molecule has 0 aliphatic rings. The fraction of sp³-hybridized carbons (Fsp3) is 0.250. The van der Waals surface area contributed by atoms with Gasteiger partial charge in [-0.15, -0.1) is 0 Å². The number of carbonyl (C=O) groups excluding carboxylic acids is 1. The molecular formula is C16H15N3O5. The third-order valence-corrected chi connectivity index (χ3v) is 3.04. The van der Waals surface area contributed by atoms with Crippen molar-refractivity contribution in [1.82, 2.24) is 10.3 Å². The molecule has 2 rings (SSSR count). The molecule has 1 aromatic carbocycles. The number of nitrogens with zero attached hydrogens (tertiary/aromatic N) is 2. The van der Waals surface area contributed by atoms with Gasteiger partial charge in [0.1, 0.15) is 24.1 Å². The van der Waals surface area contributed by atoms with Crippen LogP contribution in [0.3, 0.4) is 0 Å². The van der Waals surface area contributed by atoms with Crippen LogP contribution in [0.1, 0.15) is 30.0 Å². The number of benzene rings is 1. The Bertz CT molecular complexity index is 855. The van der Waals surface area contributed by atoms with Gasteiger partial charge in [-0.25, -0.2) is 4.98 Å². The van der Waals surface area contributed by atoms with Crippen LogP contribution in [0.5, 0.6) is 11.5 Å². The highest BCUT2D eigenvalue weighted by Gasteiger charge is 2.20. The summed E-state index contributed by atoms with van der Waals surface area (Å²) in [4.78, 5) is 26.3. The van der Waals surface area contributed by atoms with E-state index in [4.69, 9.17) is 9.84 Å². The number of aromatic hydroxyl groups is 1. The van der Waals surface area contributed by atoms with Crippen LogP contribution in [-0.2, 0) is 4.79 Å². The normalized spacial score (nSPS) is 10.4. The number of nitrogens with one attached hydrogen (secondary N) is 1. The molecule has 0 atom stereocenters. The summed E-state index contributed by atoms with van der Waals surface area (Å²) in [5.74, 6) is -2.04. The van der Waals surface area contributed by atoms with Crippen molar-refractivity contribution < 1.29 is 24.5 Å². The molecule has 0 spiro atoms. The van der Waals surface area contributed by atoms with E-state index >= 15 is 0 Å². The van der Waals surface area contributed by atoms with Gasteiger partial charge in [-0.2, -0.15) is 5.26 Å². The number of hydrogen-bond acceptors (Lipinski definition) is 6. The van der Waals surface area contributed by atoms with Gasteiger partial charge in [-0.3, -0.25) is 9.59 Å². The summed E-state index contributed by atoms with van der Waals surface area (Å²) in [6.07, 6.45) is -0.0735. The number of fused-ring (bicyclic) bond motifs is 1. The van der Waals surface area contributed by atoms with Crippen LogP contribution in [0.15, 0.2) is 18.2 Å². The first kappa shape index (κ1) is 17.0. The molecular weight excluding hydrogens is 314 g/mol. The summed E-state index contributed by atoms with van der Waals surface area (Å²) < 4.78 is 5.54. The minimum atomic E-state index is -1.24. The molecule has 2 aromatic rings. The topological polar surface area (TPSA) is 133 Å². The van der Waals surface area contributed by atoms with Crippen molar-refractivity contribution in [2.75, 3.05) is 6.54 Å². The van der Waals surface area contributed by atoms with Crippen molar-refractivity contribution in [2.24, 2.45) is 0 Å². The van der Waals surface area contributed by atoms with Gasteiger partial charge in [0.05, 0.1) is 6.10 Å². The van der Waals surface area contributed by atoms with Crippen molar-refractivity contribution in [3.05, 3.63) is 29.6 Å². The fourth-order valence-corrected chi connectivity index (χ4v) is 2.11. The lowest BCUT2D eigenvalue weighted by Crippen LogP contribution is -2.30. The molecule has 0 saturated heterocycles. The van der Waals surface area contributed by atoms with E-state index < -0.39 is 29.9 Å². The molecule has 8 nitrogen and oxygen atoms in total. The zero-order valence-electron chi connectivity index (χ0n) is 13.0. The Morgan fingerprint density at radius 2 is 2.08 bits per heavy atom. The second-order valence-electron chi connectivity index (χ2n) is 5.22. The van der Waals surface area contributed by atoms with Crippen molar-refractivity contribution >= 4 is 22.6 Å². The second-order valence-corrected chi connectivity index (χ2v) is 5.22. The number of aliphatic carboxylic acids is 1. The highest BCUT2D eigenvalue weighted by atomic mass is 16.5. The first-order valence-electron chi connectivity index (χ1n) is 7.07. The SMILES string of the molecule is CC(C)Oc1ccc2c(O)c(C(=O)NCC(=O)O)nc(C#N)c2c1. The summed E-state index contributed by atoms with van der Waals surface area (Å²) in [6.45, 7) is 3.07. The average molecular weight is 329 g/mol. The Hall–Kier alpha value is -3.34. The first-order chi connectivity index (χ1) is 11.3. The predicted molar refractivity (Wildman–Crippen MR) is 83.9 cm³/mol. The smallest absolute Gasteiger partial charge is 0.322 e.